The van der Waals surface area contributed by atoms with Gasteiger partial charge in [-0.2, -0.15) is 0 Å². The van der Waals surface area contributed by atoms with Crippen LogP contribution in [-0.4, -0.2) is 32.1 Å². The van der Waals surface area contributed by atoms with Crippen molar-refractivity contribution in [1.82, 2.24) is 0 Å². The number of carbonyl (C=O) groups excluding carboxylic acids is 2. The number of nitrogens with one attached hydrogen (secondary N) is 1. The second-order valence-electron chi connectivity index (χ2n) is 6.78. The predicted molar refractivity (Wildman–Crippen MR) is 112 cm³/mol. The Kier molecular flexibility index (Phi) is 7.50. The van der Waals surface area contributed by atoms with Crippen molar-refractivity contribution in [1.29, 1.82) is 0 Å². The summed E-state index contributed by atoms with van der Waals surface area (Å²) in [6.45, 7) is -1.04. The number of benzene rings is 3. The summed E-state index contributed by atoms with van der Waals surface area (Å²) < 4.78 is 63.2. The fourth-order valence-electron chi connectivity index (χ4n) is 2.70. The van der Waals surface area contributed by atoms with Gasteiger partial charge in [-0.1, -0.05) is 6.07 Å². The SMILES string of the molecule is CN(C(=O)COc1ccc(F)cc1F)c1cccc(NC(=O)COc2ccc(F)cc2F)c1. The highest BCUT2D eigenvalue weighted by Gasteiger charge is 2.15. The molecule has 0 aliphatic rings. The van der Waals surface area contributed by atoms with Crippen LogP contribution >= 0.6 is 0 Å². The Morgan fingerprint density at radius 3 is 1.97 bits per heavy atom. The molecule has 3 aromatic rings. The minimum atomic E-state index is -0.937. The Hall–Kier alpha value is -4.08. The van der Waals surface area contributed by atoms with Gasteiger partial charge in [-0.05, 0) is 42.5 Å². The summed E-state index contributed by atoms with van der Waals surface area (Å²) in [7, 11) is 1.45. The van der Waals surface area contributed by atoms with Crippen molar-refractivity contribution < 1.29 is 36.6 Å². The molecular formula is C23H18F4N2O4. The Labute approximate surface area is 186 Å². The van der Waals surface area contributed by atoms with E-state index in [4.69, 9.17) is 9.47 Å². The number of rotatable bonds is 8. The van der Waals surface area contributed by atoms with Gasteiger partial charge in [0.1, 0.15) is 11.6 Å². The Morgan fingerprint density at radius 2 is 1.39 bits per heavy atom. The predicted octanol–water partition coefficient (Wildman–Crippen LogP) is 4.30. The lowest BCUT2D eigenvalue weighted by Gasteiger charge is -2.19. The van der Waals surface area contributed by atoms with Gasteiger partial charge >= 0.3 is 0 Å². The molecule has 2 amide bonds. The van der Waals surface area contributed by atoms with Crippen molar-refractivity contribution >= 4 is 23.2 Å². The van der Waals surface area contributed by atoms with E-state index in [0.717, 1.165) is 24.3 Å². The Balaban J connectivity index is 1.56. The molecule has 0 bridgehead atoms. The third kappa shape index (κ3) is 6.45. The van der Waals surface area contributed by atoms with E-state index in [9.17, 15) is 27.2 Å². The zero-order chi connectivity index (χ0) is 24.0. The van der Waals surface area contributed by atoms with Crippen molar-refractivity contribution in [3.8, 4) is 11.5 Å². The average molecular weight is 462 g/mol. The number of amides is 2. The fraction of sp³-hybridized carbons (Fsp3) is 0.130. The first-order valence-corrected chi connectivity index (χ1v) is 9.55. The molecule has 0 saturated heterocycles. The molecule has 0 unspecified atom stereocenters. The smallest absolute Gasteiger partial charge is 0.264 e. The fourth-order valence-corrected chi connectivity index (χ4v) is 2.70. The maximum absolute atomic E-state index is 13.6. The maximum atomic E-state index is 13.6. The number of hydrogen-bond acceptors (Lipinski definition) is 4. The molecule has 0 aliphatic heterocycles. The third-order valence-electron chi connectivity index (χ3n) is 4.39. The van der Waals surface area contributed by atoms with Gasteiger partial charge < -0.3 is 19.7 Å². The van der Waals surface area contributed by atoms with Crippen LogP contribution in [0.15, 0.2) is 60.7 Å². The van der Waals surface area contributed by atoms with E-state index in [-0.39, 0.29) is 11.5 Å². The highest BCUT2D eigenvalue weighted by atomic mass is 19.1. The summed E-state index contributed by atoms with van der Waals surface area (Å²) >= 11 is 0. The van der Waals surface area contributed by atoms with Crippen molar-refractivity contribution in [2.75, 3.05) is 30.5 Å². The summed E-state index contributed by atoms with van der Waals surface area (Å²) in [6, 6.07) is 11.7. The second-order valence-corrected chi connectivity index (χ2v) is 6.78. The summed E-state index contributed by atoms with van der Waals surface area (Å²) in [5.41, 5.74) is 0.720. The van der Waals surface area contributed by atoms with Gasteiger partial charge in [0, 0.05) is 30.6 Å². The van der Waals surface area contributed by atoms with Gasteiger partial charge in [-0.3, -0.25) is 9.59 Å². The second kappa shape index (κ2) is 10.5. The minimum absolute atomic E-state index is 0.267. The van der Waals surface area contributed by atoms with Crippen LogP contribution in [0.5, 0.6) is 11.5 Å². The molecule has 0 spiro atoms. The van der Waals surface area contributed by atoms with E-state index in [0.29, 0.717) is 23.5 Å². The summed E-state index contributed by atoms with van der Waals surface area (Å²) in [5, 5.41) is 2.53. The molecule has 1 N–H and O–H groups in total. The van der Waals surface area contributed by atoms with Gasteiger partial charge in [-0.25, -0.2) is 17.6 Å². The van der Waals surface area contributed by atoms with Crippen LogP contribution in [0.1, 0.15) is 0 Å². The number of halogens is 4. The van der Waals surface area contributed by atoms with Gasteiger partial charge in [0.15, 0.2) is 36.3 Å². The van der Waals surface area contributed by atoms with Crippen LogP contribution in [-0.2, 0) is 9.59 Å². The van der Waals surface area contributed by atoms with Crippen LogP contribution < -0.4 is 19.7 Å². The molecule has 0 aliphatic carbocycles. The van der Waals surface area contributed by atoms with E-state index in [2.05, 4.69) is 5.32 Å². The quantitative estimate of drug-likeness (QED) is 0.507. The molecule has 0 atom stereocenters. The number of carbonyl (C=O) groups is 2. The zero-order valence-corrected chi connectivity index (χ0v) is 17.3. The summed E-state index contributed by atoms with van der Waals surface area (Å²) in [5.74, 6) is -5.09. The van der Waals surface area contributed by atoms with E-state index in [1.54, 1.807) is 18.2 Å². The lowest BCUT2D eigenvalue weighted by Crippen LogP contribution is -2.31. The molecule has 0 radical (unpaired) electrons. The first-order chi connectivity index (χ1) is 15.7. The monoisotopic (exact) mass is 462 g/mol. The molecule has 172 valence electrons. The molecule has 3 rings (SSSR count). The summed E-state index contributed by atoms with van der Waals surface area (Å²) in [4.78, 5) is 25.7. The number of nitrogens with zero attached hydrogens (tertiary/aromatic N) is 1. The lowest BCUT2D eigenvalue weighted by molar-refractivity contribution is -0.120. The van der Waals surface area contributed by atoms with E-state index in [1.807, 2.05) is 0 Å². The number of ether oxygens (including phenoxy) is 2. The average Bonchev–Trinajstić information content (AvgIpc) is 2.77. The highest BCUT2D eigenvalue weighted by molar-refractivity contribution is 5.96. The largest absolute Gasteiger partial charge is 0.481 e. The summed E-state index contributed by atoms with van der Waals surface area (Å²) in [6.07, 6.45) is 0. The van der Waals surface area contributed by atoms with Crippen molar-refractivity contribution in [2.45, 2.75) is 0 Å². The molecule has 3 aromatic carbocycles. The Bertz CT molecular complexity index is 1170. The zero-order valence-electron chi connectivity index (χ0n) is 17.3. The first-order valence-electron chi connectivity index (χ1n) is 9.55. The molecular weight excluding hydrogens is 444 g/mol. The van der Waals surface area contributed by atoms with E-state index < -0.39 is 48.3 Å². The van der Waals surface area contributed by atoms with E-state index >= 15 is 0 Å². The van der Waals surface area contributed by atoms with Crippen molar-refractivity contribution in [2.24, 2.45) is 0 Å². The lowest BCUT2D eigenvalue weighted by atomic mass is 10.2. The molecule has 0 heterocycles. The number of anilines is 2. The van der Waals surface area contributed by atoms with Gasteiger partial charge in [0.2, 0.25) is 0 Å². The topological polar surface area (TPSA) is 67.9 Å². The van der Waals surface area contributed by atoms with Crippen molar-refractivity contribution in [3.63, 3.8) is 0 Å². The number of hydrogen-bond donors (Lipinski definition) is 1. The molecule has 0 fully saturated rings. The normalized spacial score (nSPS) is 10.5. The van der Waals surface area contributed by atoms with E-state index in [1.165, 1.54) is 18.0 Å². The molecule has 0 aromatic heterocycles. The van der Waals surface area contributed by atoms with Crippen LogP contribution in [0.2, 0.25) is 0 Å². The van der Waals surface area contributed by atoms with Crippen LogP contribution in [0.25, 0.3) is 0 Å². The van der Waals surface area contributed by atoms with Crippen molar-refractivity contribution in [3.05, 3.63) is 83.9 Å². The molecule has 10 heteroatoms. The van der Waals surface area contributed by atoms with Crippen LogP contribution in [0.3, 0.4) is 0 Å². The molecule has 6 nitrogen and oxygen atoms in total. The standard InChI is InChI=1S/C23H18F4N2O4/c1-29(23(31)13-33-21-8-6-15(25)10-19(21)27)17-4-2-3-16(11-17)28-22(30)12-32-20-7-5-14(24)9-18(20)26/h2-11H,12-13H2,1H3,(H,28,30). The number of likely N-dealkylation sites (N-methyl/N-ethyl adjacent to an activating group) is 1. The first kappa shape index (κ1) is 23.6. The highest BCUT2D eigenvalue weighted by Crippen LogP contribution is 2.21. The minimum Gasteiger partial charge on any atom is -0.481 e. The van der Waals surface area contributed by atoms with Gasteiger partial charge in [0.05, 0.1) is 0 Å². The third-order valence-corrected chi connectivity index (χ3v) is 4.39. The molecule has 33 heavy (non-hydrogen) atoms. The van der Waals surface area contributed by atoms with Gasteiger partial charge in [0.25, 0.3) is 11.8 Å². The maximum Gasteiger partial charge on any atom is 0.264 e. The van der Waals surface area contributed by atoms with Gasteiger partial charge in [-0.15, -0.1) is 0 Å². The molecule has 0 saturated carbocycles. The van der Waals surface area contributed by atoms with Crippen LogP contribution in [0.4, 0.5) is 28.9 Å². The Morgan fingerprint density at radius 1 is 0.818 bits per heavy atom. The van der Waals surface area contributed by atoms with Crippen LogP contribution in [0, 0.1) is 23.3 Å².